The minimum absolute atomic E-state index is 0.198. The number of nitrogens with zero attached hydrogens (tertiary/aromatic N) is 3. The molecule has 0 spiro atoms. The molecule has 0 fully saturated rings. The van der Waals surface area contributed by atoms with Gasteiger partial charge in [-0.2, -0.15) is 0 Å². The first kappa shape index (κ1) is 18.1. The van der Waals surface area contributed by atoms with Crippen LogP contribution < -0.4 is 0 Å². The molecule has 0 unspecified atom stereocenters. The molecule has 1 atom stereocenters. The highest BCUT2D eigenvalue weighted by atomic mass is 32.2. The molecule has 5 rings (SSSR count). The average Bonchev–Trinajstić information content (AvgIpc) is 3.09. The molecule has 6 heteroatoms. The summed E-state index contributed by atoms with van der Waals surface area (Å²) in [4.78, 5) is 26.4. The van der Waals surface area contributed by atoms with Crippen LogP contribution in [0.5, 0.6) is 0 Å². The summed E-state index contributed by atoms with van der Waals surface area (Å²) in [6, 6.07) is 8.44. The minimum atomic E-state index is 0.198. The fourth-order valence-electron chi connectivity index (χ4n) is 4.29. The third-order valence-corrected chi connectivity index (χ3v) is 8.01. The summed E-state index contributed by atoms with van der Waals surface area (Å²) in [5, 5.41) is 2.18. The van der Waals surface area contributed by atoms with E-state index < -0.39 is 0 Å². The van der Waals surface area contributed by atoms with Gasteiger partial charge in [0.2, 0.25) is 5.91 Å². The number of aromatic nitrogens is 2. The van der Waals surface area contributed by atoms with E-state index in [0.29, 0.717) is 5.75 Å². The molecule has 28 heavy (non-hydrogen) atoms. The number of hydrogen-bond acceptors (Lipinski definition) is 5. The summed E-state index contributed by atoms with van der Waals surface area (Å²) >= 11 is 3.39. The molecule has 0 N–H and O–H groups in total. The zero-order chi connectivity index (χ0) is 19.1. The van der Waals surface area contributed by atoms with Gasteiger partial charge in [0.25, 0.3) is 0 Å². The van der Waals surface area contributed by atoms with E-state index in [1.165, 1.54) is 33.4 Å². The molecule has 0 radical (unpaired) electrons. The predicted octanol–water partition coefficient (Wildman–Crippen LogP) is 4.49. The number of benzene rings is 1. The quantitative estimate of drug-likeness (QED) is 0.472. The van der Waals surface area contributed by atoms with E-state index in [-0.39, 0.29) is 5.91 Å². The van der Waals surface area contributed by atoms with Crippen molar-refractivity contribution in [3.8, 4) is 0 Å². The van der Waals surface area contributed by atoms with Gasteiger partial charge in [0.05, 0.1) is 5.75 Å². The van der Waals surface area contributed by atoms with Crippen molar-refractivity contribution in [3.05, 3.63) is 52.2 Å². The molecule has 0 saturated carbocycles. The molecule has 2 aliphatic rings. The maximum absolute atomic E-state index is 12.9. The van der Waals surface area contributed by atoms with Crippen molar-refractivity contribution in [2.45, 2.75) is 44.2 Å². The van der Waals surface area contributed by atoms with Gasteiger partial charge < -0.3 is 4.90 Å². The van der Waals surface area contributed by atoms with Crippen LogP contribution in [0.2, 0.25) is 0 Å². The summed E-state index contributed by atoms with van der Waals surface area (Å²) in [6.45, 7) is 3.85. The van der Waals surface area contributed by atoms with Crippen LogP contribution in [0.25, 0.3) is 10.2 Å². The second-order valence-electron chi connectivity index (χ2n) is 7.83. The monoisotopic (exact) mass is 409 g/mol. The maximum Gasteiger partial charge on any atom is 0.233 e. The SMILES string of the molecule is C[C@@H]1CCc2c(sc3ncnc(SCC(=O)N4CCc5ccccc5C4)c23)C1. The normalized spacial score (nSPS) is 18.8. The second kappa shape index (κ2) is 7.48. The number of carbonyl (C=O) groups excluding carboxylic acids is 1. The number of aryl methyl sites for hydroxylation is 1. The molecule has 4 nitrogen and oxygen atoms in total. The lowest BCUT2D eigenvalue weighted by atomic mass is 9.89. The smallest absolute Gasteiger partial charge is 0.233 e. The minimum Gasteiger partial charge on any atom is -0.337 e. The van der Waals surface area contributed by atoms with Gasteiger partial charge in [-0.1, -0.05) is 43.0 Å². The lowest BCUT2D eigenvalue weighted by Crippen LogP contribution is -2.37. The second-order valence-corrected chi connectivity index (χ2v) is 9.88. The molecule has 144 valence electrons. The van der Waals surface area contributed by atoms with E-state index >= 15 is 0 Å². The lowest BCUT2D eigenvalue weighted by Gasteiger charge is -2.28. The van der Waals surface area contributed by atoms with Gasteiger partial charge in [-0.25, -0.2) is 9.97 Å². The Morgan fingerprint density at radius 3 is 3.00 bits per heavy atom. The largest absolute Gasteiger partial charge is 0.337 e. The summed E-state index contributed by atoms with van der Waals surface area (Å²) in [5.74, 6) is 1.38. The van der Waals surface area contributed by atoms with Crippen molar-refractivity contribution in [1.29, 1.82) is 0 Å². The van der Waals surface area contributed by atoms with E-state index in [2.05, 4.69) is 41.2 Å². The van der Waals surface area contributed by atoms with E-state index in [1.807, 2.05) is 16.2 Å². The van der Waals surface area contributed by atoms with Gasteiger partial charge in [-0.05, 0) is 48.3 Å². The third kappa shape index (κ3) is 3.33. The summed E-state index contributed by atoms with van der Waals surface area (Å²) in [6.07, 6.45) is 6.07. The molecule has 0 bridgehead atoms. The summed E-state index contributed by atoms with van der Waals surface area (Å²) < 4.78 is 0. The standard InChI is InChI=1S/C22H23N3OS2/c1-14-6-7-17-18(10-14)28-22-20(17)21(23-13-24-22)27-12-19(26)25-9-8-15-4-2-3-5-16(15)11-25/h2-5,13-14H,6-12H2,1H3/t14-/m1/s1. The average molecular weight is 410 g/mol. The topological polar surface area (TPSA) is 46.1 Å². The van der Waals surface area contributed by atoms with Gasteiger partial charge in [0, 0.05) is 23.4 Å². The Balaban J connectivity index is 1.33. The van der Waals surface area contributed by atoms with Crippen molar-refractivity contribution in [1.82, 2.24) is 14.9 Å². The number of rotatable bonds is 3. The molecule has 1 amide bonds. The van der Waals surface area contributed by atoms with Gasteiger partial charge in [-0.15, -0.1) is 11.3 Å². The zero-order valence-electron chi connectivity index (χ0n) is 16.0. The van der Waals surface area contributed by atoms with E-state index in [4.69, 9.17) is 0 Å². The van der Waals surface area contributed by atoms with Crippen molar-refractivity contribution >= 4 is 39.2 Å². The molecular weight excluding hydrogens is 386 g/mol. The molecule has 3 heterocycles. The van der Waals surface area contributed by atoms with Crippen molar-refractivity contribution in [3.63, 3.8) is 0 Å². The van der Waals surface area contributed by atoms with Gasteiger partial charge >= 0.3 is 0 Å². The summed E-state index contributed by atoms with van der Waals surface area (Å²) in [5.41, 5.74) is 4.08. The highest BCUT2D eigenvalue weighted by Crippen LogP contribution is 2.40. The Labute approximate surface area is 173 Å². The Kier molecular flexibility index (Phi) is 4.85. The van der Waals surface area contributed by atoms with Crippen LogP contribution in [0.4, 0.5) is 0 Å². The Morgan fingerprint density at radius 1 is 1.25 bits per heavy atom. The molecule has 1 aliphatic heterocycles. The Bertz CT molecular complexity index is 1050. The van der Waals surface area contributed by atoms with Crippen LogP contribution >= 0.6 is 23.1 Å². The molecule has 1 aromatic carbocycles. The number of fused-ring (bicyclic) bond motifs is 4. The van der Waals surface area contributed by atoms with Crippen molar-refractivity contribution < 1.29 is 4.79 Å². The first-order valence-electron chi connectivity index (χ1n) is 9.91. The van der Waals surface area contributed by atoms with Crippen LogP contribution in [0.3, 0.4) is 0 Å². The third-order valence-electron chi connectivity index (χ3n) is 5.87. The molecular formula is C22H23N3OS2. The fraction of sp³-hybridized carbons (Fsp3) is 0.409. The highest BCUT2D eigenvalue weighted by Gasteiger charge is 2.25. The molecule has 1 aliphatic carbocycles. The summed E-state index contributed by atoms with van der Waals surface area (Å²) in [7, 11) is 0. The van der Waals surface area contributed by atoms with Crippen LogP contribution in [-0.2, 0) is 30.6 Å². The number of hydrogen-bond donors (Lipinski definition) is 0. The van der Waals surface area contributed by atoms with Crippen LogP contribution in [0.1, 0.15) is 34.9 Å². The van der Waals surface area contributed by atoms with Gasteiger partial charge in [-0.3, -0.25) is 4.79 Å². The lowest BCUT2D eigenvalue weighted by molar-refractivity contribution is -0.129. The van der Waals surface area contributed by atoms with Crippen LogP contribution in [0.15, 0.2) is 35.6 Å². The number of amides is 1. The zero-order valence-corrected chi connectivity index (χ0v) is 17.6. The number of carbonyl (C=O) groups is 1. The maximum atomic E-state index is 12.9. The number of thiophene rings is 1. The van der Waals surface area contributed by atoms with Crippen molar-refractivity contribution in [2.75, 3.05) is 12.3 Å². The van der Waals surface area contributed by atoms with Crippen LogP contribution in [-0.4, -0.2) is 33.1 Å². The first-order valence-corrected chi connectivity index (χ1v) is 11.7. The predicted molar refractivity (Wildman–Crippen MR) is 115 cm³/mol. The molecule has 2 aromatic heterocycles. The van der Waals surface area contributed by atoms with Gasteiger partial charge in [0.1, 0.15) is 16.2 Å². The highest BCUT2D eigenvalue weighted by molar-refractivity contribution is 8.00. The Morgan fingerprint density at radius 2 is 2.11 bits per heavy atom. The molecule has 3 aromatic rings. The van der Waals surface area contributed by atoms with E-state index in [0.717, 1.165) is 48.1 Å². The first-order chi connectivity index (χ1) is 13.7. The van der Waals surface area contributed by atoms with Crippen LogP contribution in [0, 0.1) is 5.92 Å². The molecule has 0 saturated heterocycles. The van der Waals surface area contributed by atoms with E-state index in [9.17, 15) is 4.79 Å². The van der Waals surface area contributed by atoms with E-state index in [1.54, 1.807) is 18.1 Å². The van der Waals surface area contributed by atoms with Gasteiger partial charge in [0.15, 0.2) is 0 Å². The number of thioether (sulfide) groups is 1. The van der Waals surface area contributed by atoms with Crippen molar-refractivity contribution in [2.24, 2.45) is 5.92 Å². The Hall–Kier alpha value is -1.92. The fourth-order valence-corrected chi connectivity index (χ4v) is 6.63.